The van der Waals surface area contributed by atoms with E-state index in [9.17, 15) is 8.42 Å². The lowest BCUT2D eigenvalue weighted by Crippen LogP contribution is -2.08. The van der Waals surface area contributed by atoms with Gasteiger partial charge in [-0.15, -0.1) is 0 Å². The molecule has 0 unspecified atom stereocenters. The van der Waals surface area contributed by atoms with Gasteiger partial charge in [0.1, 0.15) is 11.0 Å². The van der Waals surface area contributed by atoms with Crippen LogP contribution in [-0.4, -0.2) is 18.4 Å². The molecule has 0 atom stereocenters. The molecule has 0 fully saturated rings. The zero-order valence-electron chi connectivity index (χ0n) is 8.54. The Morgan fingerprint density at radius 1 is 1.12 bits per heavy atom. The second-order valence-electron chi connectivity index (χ2n) is 3.21. The fourth-order valence-corrected chi connectivity index (χ4v) is 2.65. The summed E-state index contributed by atoms with van der Waals surface area (Å²) in [6.07, 6.45) is 0. The van der Waals surface area contributed by atoms with Gasteiger partial charge in [-0.1, -0.05) is 29.8 Å². The Bertz CT molecular complexity index is 624. The van der Waals surface area contributed by atoms with E-state index >= 15 is 0 Å². The first-order chi connectivity index (χ1) is 8.00. The first-order valence-corrected chi connectivity index (χ1v) is 6.46. The molecule has 2 N–H and O–H groups in total. The maximum atomic E-state index is 12.1. The maximum absolute atomic E-state index is 12.1. The van der Waals surface area contributed by atoms with Gasteiger partial charge in [0.2, 0.25) is 9.84 Å². The largest absolute Gasteiger partial charge is 0.384 e. The van der Waals surface area contributed by atoms with E-state index in [1.54, 1.807) is 18.2 Å². The van der Waals surface area contributed by atoms with Crippen LogP contribution < -0.4 is 5.73 Å². The number of nitrogens with two attached hydrogens (primary N) is 1. The summed E-state index contributed by atoms with van der Waals surface area (Å²) in [4.78, 5) is 7.44. The molecule has 0 aliphatic rings. The van der Waals surface area contributed by atoms with Crippen LogP contribution in [0.15, 0.2) is 46.5 Å². The van der Waals surface area contributed by atoms with E-state index in [1.807, 2.05) is 0 Å². The molecular formula is C10H8ClN3O2S. The summed E-state index contributed by atoms with van der Waals surface area (Å²) in [5.74, 6) is 0.0134. The predicted molar refractivity (Wildman–Crippen MR) is 63.3 cm³/mol. The molecule has 7 heteroatoms. The fourth-order valence-electron chi connectivity index (χ4n) is 1.24. The molecule has 0 radical (unpaired) electrons. The van der Waals surface area contributed by atoms with Crippen LogP contribution in [0.1, 0.15) is 0 Å². The monoisotopic (exact) mass is 269 g/mol. The molecule has 0 spiro atoms. The van der Waals surface area contributed by atoms with Gasteiger partial charge in [-0.3, -0.25) is 0 Å². The number of nitrogens with zero attached hydrogens (tertiary/aromatic N) is 2. The summed E-state index contributed by atoms with van der Waals surface area (Å²) in [7, 11) is -3.77. The molecule has 1 aromatic carbocycles. The zero-order valence-corrected chi connectivity index (χ0v) is 10.1. The Labute approximate surface area is 103 Å². The third kappa shape index (κ3) is 2.37. The van der Waals surface area contributed by atoms with E-state index in [0.717, 1.165) is 0 Å². The van der Waals surface area contributed by atoms with Crippen LogP contribution in [0, 0.1) is 0 Å². The first-order valence-electron chi connectivity index (χ1n) is 4.60. The lowest BCUT2D eigenvalue weighted by molar-refractivity contribution is 0.587. The first kappa shape index (κ1) is 11.8. The topological polar surface area (TPSA) is 85.9 Å². The van der Waals surface area contributed by atoms with Gasteiger partial charge < -0.3 is 5.73 Å². The number of rotatable bonds is 2. The van der Waals surface area contributed by atoms with Crippen molar-refractivity contribution in [2.75, 3.05) is 5.73 Å². The highest BCUT2D eigenvalue weighted by Crippen LogP contribution is 2.19. The van der Waals surface area contributed by atoms with Crippen molar-refractivity contribution in [3.05, 3.63) is 41.6 Å². The molecule has 88 valence electrons. The van der Waals surface area contributed by atoms with Gasteiger partial charge in [0.15, 0.2) is 0 Å². The van der Waals surface area contributed by atoms with E-state index in [2.05, 4.69) is 9.97 Å². The van der Waals surface area contributed by atoms with Crippen molar-refractivity contribution < 1.29 is 8.42 Å². The lowest BCUT2D eigenvalue weighted by Gasteiger charge is -2.03. The molecule has 1 aromatic heterocycles. The summed E-state index contributed by atoms with van der Waals surface area (Å²) < 4.78 is 24.2. The van der Waals surface area contributed by atoms with Gasteiger partial charge in [0.05, 0.1) is 4.90 Å². The van der Waals surface area contributed by atoms with Crippen molar-refractivity contribution in [3.8, 4) is 0 Å². The molecule has 17 heavy (non-hydrogen) atoms. The van der Waals surface area contributed by atoms with Gasteiger partial charge in [-0.25, -0.2) is 18.4 Å². The second-order valence-corrected chi connectivity index (χ2v) is 5.45. The SMILES string of the molecule is Nc1cc(Cl)nc(S(=O)(=O)c2ccccc2)n1. The third-order valence-electron chi connectivity index (χ3n) is 1.99. The Kier molecular flexibility index (Phi) is 2.99. The summed E-state index contributed by atoms with van der Waals surface area (Å²) in [6.45, 7) is 0. The van der Waals surface area contributed by atoms with Gasteiger partial charge >= 0.3 is 0 Å². The summed E-state index contributed by atoms with van der Waals surface area (Å²) in [5.41, 5.74) is 5.43. The van der Waals surface area contributed by atoms with Crippen LogP contribution in [0.25, 0.3) is 0 Å². The highest BCUT2D eigenvalue weighted by Gasteiger charge is 2.21. The van der Waals surface area contributed by atoms with E-state index < -0.39 is 15.0 Å². The van der Waals surface area contributed by atoms with Crippen LogP contribution in [0.4, 0.5) is 5.82 Å². The zero-order chi connectivity index (χ0) is 12.5. The van der Waals surface area contributed by atoms with Crippen molar-refractivity contribution in [3.63, 3.8) is 0 Å². The van der Waals surface area contributed by atoms with Gasteiger partial charge in [-0.05, 0) is 12.1 Å². The minimum atomic E-state index is -3.77. The van der Waals surface area contributed by atoms with E-state index in [4.69, 9.17) is 17.3 Å². The summed E-state index contributed by atoms with van der Waals surface area (Å²) in [5, 5.41) is -0.402. The van der Waals surface area contributed by atoms with Crippen molar-refractivity contribution in [1.82, 2.24) is 9.97 Å². The fraction of sp³-hybridized carbons (Fsp3) is 0. The third-order valence-corrected chi connectivity index (χ3v) is 3.74. The molecule has 1 heterocycles. The highest BCUT2D eigenvalue weighted by molar-refractivity contribution is 7.91. The standard InChI is InChI=1S/C10H8ClN3O2S/c11-8-6-9(12)14-10(13-8)17(15,16)7-4-2-1-3-5-7/h1-6H,(H2,12,13,14). The molecule has 0 saturated carbocycles. The average Bonchev–Trinajstić information content (AvgIpc) is 2.29. The number of nitrogen functional groups attached to an aromatic ring is 1. The van der Waals surface area contributed by atoms with Crippen molar-refractivity contribution in [2.45, 2.75) is 10.1 Å². The predicted octanol–water partition coefficient (Wildman–Crippen LogP) is 1.54. The van der Waals surface area contributed by atoms with E-state index in [-0.39, 0.29) is 15.9 Å². The van der Waals surface area contributed by atoms with Crippen molar-refractivity contribution in [2.24, 2.45) is 0 Å². The number of hydrogen-bond donors (Lipinski definition) is 1. The molecule has 0 bridgehead atoms. The van der Waals surface area contributed by atoms with Gasteiger partial charge in [0.25, 0.3) is 5.16 Å². The summed E-state index contributed by atoms with van der Waals surface area (Å²) in [6, 6.07) is 9.13. The molecule has 0 aliphatic heterocycles. The number of halogens is 1. The quantitative estimate of drug-likeness (QED) is 0.660. The minimum absolute atomic E-state index is 0.00740. The normalized spacial score (nSPS) is 11.4. The molecule has 2 rings (SSSR count). The Morgan fingerprint density at radius 2 is 1.76 bits per heavy atom. The Hall–Kier alpha value is -1.66. The molecule has 0 saturated heterocycles. The van der Waals surface area contributed by atoms with E-state index in [0.29, 0.717) is 0 Å². The molecule has 5 nitrogen and oxygen atoms in total. The second kappa shape index (κ2) is 4.31. The van der Waals surface area contributed by atoms with Gasteiger partial charge in [0, 0.05) is 6.07 Å². The van der Waals surface area contributed by atoms with E-state index in [1.165, 1.54) is 18.2 Å². The average molecular weight is 270 g/mol. The van der Waals surface area contributed by atoms with Crippen LogP contribution in [0.5, 0.6) is 0 Å². The van der Waals surface area contributed by atoms with Crippen LogP contribution in [0.2, 0.25) is 5.15 Å². The van der Waals surface area contributed by atoms with Crippen LogP contribution in [0.3, 0.4) is 0 Å². The molecule has 0 aliphatic carbocycles. The minimum Gasteiger partial charge on any atom is -0.384 e. The summed E-state index contributed by atoms with van der Waals surface area (Å²) >= 11 is 5.65. The van der Waals surface area contributed by atoms with Crippen molar-refractivity contribution >= 4 is 27.3 Å². The van der Waals surface area contributed by atoms with Crippen LogP contribution >= 0.6 is 11.6 Å². The Morgan fingerprint density at radius 3 is 2.35 bits per heavy atom. The molecule has 2 aromatic rings. The number of aromatic nitrogens is 2. The maximum Gasteiger partial charge on any atom is 0.255 e. The highest BCUT2D eigenvalue weighted by atomic mass is 35.5. The Balaban J connectivity index is 2.60. The van der Waals surface area contributed by atoms with Crippen LogP contribution in [-0.2, 0) is 9.84 Å². The molecular weight excluding hydrogens is 262 g/mol. The van der Waals surface area contributed by atoms with Gasteiger partial charge in [-0.2, -0.15) is 0 Å². The smallest absolute Gasteiger partial charge is 0.255 e. The van der Waals surface area contributed by atoms with Crippen molar-refractivity contribution in [1.29, 1.82) is 0 Å². The number of hydrogen-bond acceptors (Lipinski definition) is 5. The lowest BCUT2D eigenvalue weighted by atomic mass is 10.4. The molecule has 0 amide bonds. The number of anilines is 1. The number of sulfone groups is 1. The number of benzene rings is 1.